The summed E-state index contributed by atoms with van der Waals surface area (Å²) in [6, 6.07) is 6.92. The van der Waals surface area contributed by atoms with Crippen molar-refractivity contribution in [1.29, 1.82) is 0 Å². The van der Waals surface area contributed by atoms with Gasteiger partial charge in [0.15, 0.2) is 0 Å². The third-order valence-electron chi connectivity index (χ3n) is 3.63. The van der Waals surface area contributed by atoms with Crippen LogP contribution in [0.2, 0.25) is 0 Å². The molecule has 0 saturated heterocycles. The predicted molar refractivity (Wildman–Crippen MR) is 73.0 cm³/mol. The van der Waals surface area contributed by atoms with Gasteiger partial charge in [0.2, 0.25) is 0 Å². The van der Waals surface area contributed by atoms with Crippen molar-refractivity contribution in [3.63, 3.8) is 0 Å². The van der Waals surface area contributed by atoms with Crippen molar-refractivity contribution in [2.45, 2.75) is 60.3 Å². The molecule has 0 fully saturated rings. The van der Waals surface area contributed by atoms with Crippen molar-refractivity contribution in [3.8, 4) is 0 Å². The molecule has 0 bridgehead atoms. The lowest BCUT2D eigenvalue weighted by molar-refractivity contribution is 0.299. The molecule has 0 spiro atoms. The lowest BCUT2D eigenvalue weighted by Gasteiger charge is -2.27. The molecule has 0 N–H and O–H groups in total. The molecule has 1 unspecified atom stereocenters. The Morgan fingerprint density at radius 2 is 1.56 bits per heavy atom. The Kier molecular flexibility index (Phi) is 4.18. The van der Waals surface area contributed by atoms with Gasteiger partial charge in [-0.15, -0.1) is 0 Å². The number of aryl methyl sites for hydroxylation is 2. The molecule has 0 heterocycles. The largest absolute Gasteiger partial charge is 0.0649 e. The number of hydrogen-bond acceptors (Lipinski definition) is 0. The fourth-order valence-electron chi connectivity index (χ4n) is 2.39. The van der Waals surface area contributed by atoms with Crippen LogP contribution in [0.4, 0.5) is 0 Å². The lowest BCUT2D eigenvalue weighted by atomic mass is 9.78. The molecule has 0 nitrogen and oxygen atoms in total. The summed E-state index contributed by atoms with van der Waals surface area (Å²) in [4.78, 5) is 0. The summed E-state index contributed by atoms with van der Waals surface area (Å²) in [5, 5.41) is 0. The smallest absolute Gasteiger partial charge is 0.0185 e. The van der Waals surface area contributed by atoms with E-state index in [-0.39, 0.29) is 0 Å². The van der Waals surface area contributed by atoms with Gasteiger partial charge in [0.05, 0.1) is 0 Å². The lowest BCUT2D eigenvalue weighted by Crippen LogP contribution is -2.13. The number of rotatable bonds is 4. The van der Waals surface area contributed by atoms with E-state index in [9.17, 15) is 0 Å². The minimum absolute atomic E-state index is 0.455. The average Bonchev–Trinajstić information content (AvgIpc) is 2.15. The molecule has 1 rings (SSSR count). The molecule has 0 aliphatic carbocycles. The topological polar surface area (TPSA) is 0 Å². The minimum Gasteiger partial charge on any atom is -0.0649 e. The Hall–Kier alpha value is -0.780. The van der Waals surface area contributed by atoms with Crippen LogP contribution in [0.3, 0.4) is 0 Å². The summed E-state index contributed by atoms with van der Waals surface area (Å²) in [5.41, 5.74) is 4.73. The maximum atomic E-state index is 2.37. The zero-order valence-corrected chi connectivity index (χ0v) is 11.7. The van der Waals surface area contributed by atoms with Crippen LogP contribution in [-0.2, 0) is 0 Å². The van der Waals surface area contributed by atoms with E-state index in [0.717, 1.165) is 0 Å². The SMILES string of the molecule is CCC(C)(C)CC(C)c1cc(C)cc(C)c1. The maximum absolute atomic E-state index is 2.37. The third kappa shape index (κ3) is 3.66. The molecule has 1 aromatic rings. The van der Waals surface area contributed by atoms with E-state index in [2.05, 4.69) is 59.7 Å². The molecule has 1 aromatic carbocycles. The van der Waals surface area contributed by atoms with E-state index >= 15 is 0 Å². The standard InChI is InChI=1S/C16H26/c1-7-16(5,6)11-14(4)15-9-12(2)8-13(3)10-15/h8-10,14H,7,11H2,1-6H3. The molecule has 0 aliphatic heterocycles. The van der Waals surface area contributed by atoms with Gasteiger partial charge >= 0.3 is 0 Å². The molecular formula is C16H26. The first kappa shape index (κ1) is 13.3. The van der Waals surface area contributed by atoms with E-state index in [4.69, 9.17) is 0 Å². The van der Waals surface area contributed by atoms with Gasteiger partial charge in [-0.1, -0.05) is 63.4 Å². The highest BCUT2D eigenvalue weighted by Crippen LogP contribution is 2.34. The molecule has 0 amide bonds. The molecule has 16 heavy (non-hydrogen) atoms. The van der Waals surface area contributed by atoms with Crippen LogP contribution in [0, 0.1) is 19.3 Å². The molecule has 0 radical (unpaired) electrons. The molecule has 0 saturated carbocycles. The molecule has 0 aliphatic rings. The highest BCUT2D eigenvalue weighted by atomic mass is 14.2. The van der Waals surface area contributed by atoms with Crippen LogP contribution in [0.15, 0.2) is 18.2 Å². The summed E-state index contributed by atoms with van der Waals surface area (Å²) >= 11 is 0. The number of hydrogen-bond donors (Lipinski definition) is 0. The van der Waals surface area contributed by atoms with Gasteiger partial charge in [-0.05, 0) is 37.2 Å². The van der Waals surface area contributed by atoms with Crippen molar-refractivity contribution in [2.24, 2.45) is 5.41 Å². The Morgan fingerprint density at radius 1 is 1.06 bits per heavy atom. The molecule has 90 valence electrons. The highest BCUT2D eigenvalue weighted by molar-refractivity contribution is 5.30. The van der Waals surface area contributed by atoms with Gasteiger partial charge in [0.25, 0.3) is 0 Å². The van der Waals surface area contributed by atoms with Gasteiger partial charge in [0.1, 0.15) is 0 Å². The first-order valence-corrected chi connectivity index (χ1v) is 6.42. The van der Waals surface area contributed by atoms with Gasteiger partial charge in [-0.25, -0.2) is 0 Å². The second-order valence-electron chi connectivity index (χ2n) is 6.04. The minimum atomic E-state index is 0.455. The van der Waals surface area contributed by atoms with E-state index in [1.165, 1.54) is 29.5 Å². The van der Waals surface area contributed by atoms with E-state index in [0.29, 0.717) is 11.3 Å². The fraction of sp³-hybridized carbons (Fsp3) is 0.625. The Bertz CT molecular complexity index is 327. The first-order chi connectivity index (χ1) is 7.34. The van der Waals surface area contributed by atoms with Crippen LogP contribution < -0.4 is 0 Å². The van der Waals surface area contributed by atoms with Crippen molar-refractivity contribution in [1.82, 2.24) is 0 Å². The van der Waals surface area contributed by atoms with Gasteiger partial charge in [0, 0.05) is 0 Å². The normalized spacial score (nSPS) is 13.9. The number of benzene rings is 1. The highest BCUT2D eigenvalue weighted by Gasteiger charge is 2.19. The van der Waals surface area contributed by atoms with Crippen LogP contribution in [0.5, 0.6) is 0 Å². The zero-order valence-electron chi connectivity index (χ0n) is 11.7. The summed E-state index contributed by atoms with van der Waals surface area (Å²) in [7, 11) is 0. The van der Waals surface area contributed by atoms with E-state index < -0.39 is 0 Å². The second-order valence-corrected chi connectivity index (χ2v) is 6.04. The monoisotopic (exact) mass is 218 g/mol. The predicted octanol–water partition coefficient (Wildman–Crippen LogP) is 5.23. The van der Waals surface area contributed by atoms with Gasteiger partial charge < -0.3 is 0 Å². The van der Waals surface area contributed by atoms with Crippen molar-refractivity contribution in [2.75, 3.05) is 0 Å². The quantitative estimate of drug-likeness (QED) is 0.649. The average molecular weight is 218 g/mol. The van der Waals surface area contributed by atoms with E-state index in [1.54, 1.807) is 0 Å². The Labute approximate surface area is 101 Å². The Balaban J connectivity index is 2.84. The van der Waals surface area contributed by atoms with Crippen LogP contribution in [0.1, 0.15) is 63.1 Å². The van der Waals surface area contributed by atoms with Gasteiger partial charge in [-0.2, -0.15) is 0 Å². The van der Waals surface area contributed by atoms with Crippen LogP contribution >= 0.6 is 0 Å². The summed E-state index contributed by atoms with van der Waals surface area (Å²) < 4.78 is 0. The summed E-state index contributed by atoms with van der Waals surface area (Å²) in [6.07, 6.45) is 2.52. The molecule has 0 heteroatoms. The van der Waals surface area contributed by atoms with Crippen molar-refractivity contribution >= 4 is 0 Å². The summed E-state index contributed by atoms with van der Waals surface area (Å²) in [6.45, 7) is 13.8. The van der Waals surface area contributed by atoms with Crippen LogP contribution in [0.25, 0.3) is 0 Å². The summed E-state index contributed by atoms with van der Waals surface area (Å²) in [5.74, 6) is 0.661. The van der Waals surface area contributed by atoms with E-state index in [1.807, 2.05) is 0 Å². The first-order valence-electron chi connectivity index (χ1n) is 6.42. The zero-order chi connectivity index (χ0) is 12.3. The van der Waals surface area contributed by atoms with Crippen molar-refractivity contribution < 1.29 is 0 Å². The maximum Gasteiger partial charge on any atom is -0.0185 e. The van der Waals surface area contributed by atoms with Crippen molar-refractivity contribution in [3.05, 3.63) is 34.9 Å². The fourth-order valence-corrected chi connectivity index (χ4v) is 2.39. The van der Waals surface area contributed by atoms with Gasteiger partial charge in [-0.3, -0.25) is 0 Å². The molecule has 1 atom stereocenters. The molecule has 0 aromatic heterocycles. The second kappa shape index (κ2) is 5.03. The third-order valence-corrected chi connectivity index (χ3v) is 3.63. The van der Waals surface area contributed by atoms with Crippen LogP contribution in [-0.4, -0.2) is 0 Å². The molecular weight excluding hydrogens is 192 g/mol. The Morgan fingerprint density at radius 3 is 2.00 bits per heavy atom.